The summed E-state index contributed by atoms with van der Waals surface area (Å²) < 4.78 is 22.9. The average Bonchev–Trinajstić information content (AvgIpc) is 3.18. The number of allylic oxidation sites excluding steroid dienone is 4. The third kappa shape index (κ3) is 39.5. The molecule has 0 aromatic carbocycles. The Balaban J connectivity index is 1.67. The number of hydrogen-bond donors (Lipinski definition) is 9. The molecule has 0 spiro atoms. The van der Waals surface area contributed by atoms with Crippen LogP contribution in [0.25, 0.3) is 0 Å². The van der Waals surface area contributed by atoms with Gasteiger partial charge in [-0.3, -0.25) is 4.79 Å². The Morgan fingerprint density at radius 2 is 0.786 bits per heavy atom. The molecule has 0 saturated carbocycles. The fourth-order valence-electron chi connectivity index (χ4n) is 12.0. The first kappa shape index (κ1) is 78.6. The van der Waals surface area contributed by atoms with Crippen LogP contribution in [0.3, 0.4) is 0 Å². The highest BCUT2D eigenvalue weighted by atomic mass is 16.7. The summed E-state index contributed by atoms with van der Waals surface area (Å²) in [4.78, 5) is 13.4. The Labute approximate surface area is 513 Å². The second-order valence-corrected chi connectivity index (χ2v) is 25.4. The minimum Gasteiger partial charge on any atom is -0.394 e. The molecular formula is C70H133NO13. The smallest absolute Gasteiger partial charge is 0.220 e. The summed E-state index contributed by atoms with van der Waals surface area (Å²) >= 11 is 0. The molecule has 0 radical (unpaired) electrons. The molecule has 12 unspecified atom stereocenters. The van der Waals surface area contributed by atoms with E-state index in [-0.39, 0.29) is 12.5 Å². The summed E-state index contributed by atoms with van der Waals surface area (Å²) in [5.74, 6) is -0.204. The van der Waals surface area contributed by atoms with Gasteiger partial charge < -0.3 is 65.1 Å². The number of aliphatic hydroxyl groups excluding tert-OH is 8. The summed E-state index contributed by atoms with van der Waals surface area (Å²) in [5, 5.41) is 87.6. The van der Waals surface area contributed by atoms with Gasteiger partial charge in [-0.1, -0.05) is 295 Å². The number of aliphatic hydroxyl groups is 8. The van der Waals surface area contributed by atoms with E-state index in [0.29, 0.717) is 12.8 Å². The maximum absolute atomic E-state index is 13.4. The Hall–Kier alpha value is -1.53. The van der Waals surface area contributed by atoms with E-state index in [1.807, 2.05) is 0 Å². The maximum Gasteiger partial charge on any atom is 0.220 e. The van der Waals surface area contributed by atoms with Crippen molar-refractivity contribution in [2.24, 2.45) is 0 Å². The molecule has 0 aliphatic carbocycles. The SMILES string of the molecule is CCCCCCC/C=C\C/C=C\CCCCCCCCCCCCCC(=O)NC(COC1OC(CO)C(OC2OC(CO)C(O)C(O)C2O)C(O)C1O)C(O)CCCCCCCCCCCCCCCCCCCCCCCCCCCCC. The fraction of sp³-hybridized carbons (Fsp3) is 0.929. The molecular weight excluding hydrogens is 1060 g/mol. The molecule has 0 aromatic rings. The summed E-state index contributed by atoms with van der Waals surface area (Å²) in [7, 11) is 0. The standard InChI is InChI=1S/C70H133NO13/c1-3-5-7-9-11-13-15-17-19-21-23-25-27-28-29-30-32-33-35-37-39-41-43-45-47-49-51-53-59(74)58(57-81-69-67(80)65(78)68(61(56-73)83-69)84-70-66(79)64(77)63(76)60(55-72)82-70)71-62(75)54-52-50-48-46-44-42-40-38-36-34-31-26-24-22-20-18-16-14-12-10-8-6-4-2/h16,18,22,24,58-61,63-70,72-74,76-80H,3-15,17,19-21,23,25-57H2,1-2H3,(H,71,75)/b18-16-,24-22-. The second kappa shape index (κ2) is 55.5. The molecule has 2 aliphatic heterocycles. The molecule has 2 rings (SSSR count). The summed E-state index contributed by atoms with van der Waals surface area (Å²) in [6.07, 6.45) is 51.9. The molecule has 84 heavy (non-hydrogen) atoms. The third-order valence-electron chi connectivity index (χ3n) is 17.7. The van der Waals surface area contributed by atoms with E-state index in [2.05, 4.69) is 43.5 Å². The largest absolute Gasteiger partial charge is 0.394 e. The molecule has 2 fully saturated rings. The zero-order chi connectivity index (χ0) is 60.9. The van der Waals surface area contributed by atoms with E-state index in [1.165, 1.54) is 238 Å². The predicted octanol–water partition coefficient (Wildman–Crippen LogP) is 14.3. The van der Waals surface area contributed by atoms with Crippen molar-refractivity contribution in [2.45, 2.75) is 396 Å². The monoisotopic (exact) mass is 1200 g/mol. The number of amides is 1. The molecule has 496 valence electrons. The molecule has 0 aromatic heterocycles. The molecule has 14 heteroatoms. The summed E-state index contributed by atoms with van der Waals surface area (Å²) in [5.41, 5.74) is 0. The topological polar surface area (TPSA) is 228 Å². The van der Waals surface area contributed by atoms with Crippen LogP contribution in [0.15, 0.2) is 24.3 Å². The van der Waals surface area contributed by atoms with Gasteiger partial charge in [-0.2, -0.15) is 0 Å². The van der Waals surface area contributed by atoms with Crippen LogP contribution in [0.2, 0.25) is 0 Å². The van der Waals surface area contributed by atoms with Crippen LogP contribution in [-0.2, 0) is 23.7 Å². The lowest BCUT2D eigenvalue weighted by atomic mass is 9.97. The van der Waals surface area contributed by atoms with Gasteiger partial charge in [-0.25, -0.2) is 0 Å². The van der Waals surface area contributed by atoms with Gasteiger partial charge >= 0.3 is 0 Å². The number of unbranched alkanes of at least 4 members (excludes halogenated alkanes) is 42. The van der Waals surface area contributed by atoms with Gasteiger partial charge in [0.25, 0.3) is 0 Å². The van der Waals surface area contributed by atoms with Crippen LogP contribution in [0.1, 0.15) is 322 Å². The third-order valence-corrected chi connectivity index (χ3v) is 17.7. The van der Waals surface area contributed by atoms with Crippen LogP contribution in [-0.4, -0.2) is 140 Å². The second-order valence-electron chi connectivity index (χ2n) is 25.4. The van der Waals surface area contributed by atoms with E-state index in [4.69, 9.17) is 18.9 Å². The number of rotatable bonds is 59. The molecule has 12 atom stereocenters. The van der Waals surface area contributed by atoms with Crippen LogP contribution in [0.5, 0.6) is 0 Å². The van der Waals surface area contributed by atoms with Crippen LogP contribution < -0.4 is 5.32 Å². The predicted molar refractivity (Wildman–Crippen MR) is 342 cm³/mol. The van der Waals surface area contributed by atoms with Crippen molar-refractivity contribution in [3.63, 3.8) is 0 Å². The highest BCUT2D eigenvalue weighted by Crippen LogP contribution is 2.30. The molecule has 2 saturated heterocycles. The normalized spacial score (nSPS) is 23.7. The molecule has 0 bridgehead atoms. The number of hydrogen-bond acceptors (Lipinski definition) is 13. The van der Waals surface area contributed by atoms with Crippen LogP contribution in [0.4, 0.5) is 0 Å². The molecule has 9 N–H and O–H groups in total. The van der Waals surface area contributed by atoms with Crippen molar-refractivity contribution < 1.29 is 64.6 Å². The zero-order valence-electron chi connectivity index (χ0n) is 53.9. The van der Waals surface area contributed by atoms with Crippen molar-refractivity contribution >= 4 is 5.91 Å². The van der Waals surface area contributed by atoms with Gasteiger partial charge in [0, 0.05) is 6.42 Å². The quantitative estimate of drug-likeness (QED) is 0.0204. The number of ether oxygens (including phenoxy) is 4. The van der Waals surface area contributed by atoms with E-state index >= 15 is 0 Å². The van der Waals surface area contributed by atoms with E-state index < -0.39 is 86.8 Å². The van der Waals surface area contributed by atoms with Gasteiger partial charge in [-0.15, -0.1) is 0 Å². The zero-order valence-corrected chi connectivity index (χ0v) is 53.9. The number of nitrogens with one attached hydrogen (secondary N) is 1. The van der Waals surface area contributed by atoms with Gasteiger partial charge in [-0.05, 0) is 44.9 Å². The average molecular weight is 1200 g/mol. The number of carbonyl (C=O) groups excluding carboxylic acids is 1. The minimum atomic E-state index is -1.78. The summed E-state index contributed by atoms with van der Waals surface area (Å²) in [6, 6.07) is -0.830. The Bertz CT molecular complexity index is 1500. The lowest BCUT2D eigenvalue weighted by Gasteiger charge is -2.46. The van der Waals surface area contributed by atoms with Gasteiger partial charge in [0.1, 0.15) is 48.8 Å². The van der Waals surface area contributed by atoms with E-state index in [0.717, 1.165) is 57.8 Å². The van der Waals surface area contributed by atoms with Crippen LogP contribution in [0, 0.1) is 0 Å². The lowest BCUT2D eigenvalue weighted by molar-refractivity contribution is -0.359. The first-order valence-corrected chi connectivity index (χ1v) is 35.6. The van der Waals surface area contributed by atoms with Crippen molar-refractivity contribution in [3.8, 4) is 0 Å². The lowest BCUT2D eigenvalue weighted by Crippen LogP contribution is -2.65. The molecule has 14 nitrogen and oxygen atoms in total. The van der Waals surface area contributed by atoms with Crippen molar-refractivity contribution in [3.05, 3.63) is 24.3 Å². The highest BCUT2D eigenvalue weighted by molar-refractivity contribution is 5.76. The Kier molecular flexibility index (Phi) is 51.9. The summed E-state index contributed by atoms with van der Waals surface area (Å²) in [6.45, 7) is 2.90. The maximum atomic E-state index is 13.4. The van der Waals surface area contributed by atoms with Gasteiger partial charge in [0.15, 0.2) is 12.6 Å². The van der Waals surface area contributed by atoms with E-state index in [9.17, 15) is 45.6 Å². The minimum absolute atomic E-state index is 0.204. The molecule has 1 amide bonds. The van der Waals surface area contributed by atoms with Crippen LogP contribution >= 0.6 is 0 Å². The van der Waals surface area contributed by atoms with Gasteiger partial charge in [0.2, 0.25) is 5.91 Å². The fourth-order valence-corrected chi connectivity index (χ4v) is 12.0. The van der Waals surface area contributed by atoms with E-state index in [1.54, 1.807) is 0 Å². The molecule has 2 heterocycles. The van der Waals surface area contributed by atoms with Crippen molar-refractivity contribution in [1.82, 2.24) is 5.32 Å². The molecule has 2 aliphatic rings. The van der Waals surface area contributed by atoms with Gasteiger partial charge in [0.05, 0.1) is 32.0 Å². The van der Waals surface area contributed by atoms with Crippen molar-refractivity contribution in [1.29, 1.82) is 0 Å². The first-order valence-electron chi connectivity index (χ1n) is 35.6. The highest BCUT2D eigenvalue weighted by Gasteiger charge is 2.51. The van der Waals surface area contributed by atoms with Crippen molar-refractivity contribution in [2.75, 3.05) is 19.8 Å². The first-order chi connectivity index (χ1) is 41.1. The Morgan fingerprint density at radius 3 is 1.19 bits per heavy atom. The number of carbonyl (C=O) groups is 1. The Morgan fingerprint density at radius 1 is 0.429 bits per heavy atom.